The number of nitrogens with zero attached hydrogens (tertiary/aromatic N) is 1. The summed E-state index contributed by atoms with van der Waals surface area (Å²) in [6.45, 7) is 3.84. The molecule has 0 unspecified atom stereocenters. The zero-order valence-corrected chi connectivity index (χ0v) is 11.2. The maximum Gasteiger partial charge on any atom is 0.490 e. The molecule has 0 spiro atoms. The summed E-state index contributed by atoms with van der Waals surface area (Å²) in [5.41, 5.74) is 0. The Bertz CT molecular complexity index is 362. The van der Waals surface area contributed by atoms with E-state index in [4.69, 9.17) is 19.8 Å². The lowest BCUT2D eigenvalue weighted by atomic mass is 9.96. The number of rotatable bonds is 0. The summed E-state index contributed by atoms with van der Waals surface area (Å²) in [6.07, 6.45) is -10.2. The summed E-state index contributed by atoms with van der Waals surface area (Å²) < 4.78 is 63.5. The molecule has 0 aliphatic carbocycles. The van der Waals surface area contributed by atoms with E-state index in [1.54, 1.807) is 0 Å². The molecule has 0 aromatic rings. The molecule has 130 valence electrons. The Morgan fingerprint density at radius 1 is 1.00 bits per heavy atom. The van der Waals surface area contributed by atoms with Crippen molar-refractivity contribution in [2.75, 3.05) is 26.7 Å². The van der Waals surface area contributed by atoms with Gasteiger partial charge in [-0.05, 0) is 7.05 Å². The Kier molecular flexibility index (Phi) is 7.09. The molecule has 0 bridgehead atoms. The zero-order valence-electron chi connectivity index (χ0n) is 11.2. The quantitative estimate of drug-likeness (QED) is 0.565. The van der Waals surface area contributed by atoms with Crippen LogP contribution in [0.15, 0.2) is 0 Å². The standard InChI is InChI=1S/C6H12N2.2C2HF3O2/c1-8-3-5-2-7-6(5)4-8;2*3-2(4,5)1(6)7/h5-7H,2-4H2,1H3;2*(H,6,7)/t5-,6+;;/m1../s1. The Labute approximate surface area is 120 Å². The van der Waals surface area contributed by atoms with Gasteiger partial charge in [-0.2, -0.15) is 26.3 Å². The first kappa shape index (κ1) is 20.4. The fourth-order valence-corrected chi connectivity index (χ4v) is 1.67. The van der Waals surface area contributed by atoms with E-state index in [-0.39, 0.29) is 0 Å². The van der Waals surface area contributed by atoms with E-state index in [2.05, 4.69) is 17.3 Å². The van der Waals surface area contributed by atoms with E-state index < -0.39 is 24.3 Å². The highest BCUT2D eigenvalue weighted by Crippen LogP contribution is 2.21. The highest BCUT2D eigenvalue weighted by atomic mass is 19.4. The van der Waals surface area contributed by atoms with Gasteiger partial charge in [0.1, 0.15) is 0 Å². The molecule has 2 aliphatic rings. The Balaban J connectivity index is 0.000000303. The van der Waals surface area contributed by atoms with Crippen LogP contribution in [-0.4, -0.2) is 72.1 Å². The Morgan fingerprint density at radius 2 is 1.36 bits per heavy atom. The third-order valence-corrected chi connectivity index (χ3v) is 2.75. The number of carboxylic acids is 2. The largest absolute Gasteiger partial charge is 0.490 e. The van der Waals surface area contributed by atoms with Crippen LogP contribution >= 0.6 is 0 Å². The van der Waals surface area contributed by atoms with E-state index in [1.165, 1.54) is 19.6 Å². The molecule has 12 heteroatoms. The first-order chi connectivity index (χ1) is 9.75. The number of carbonyl (C=O) groups is 2. The first-order valence-electron chi connectivity index (χ1n) is 5.77. The molecule has 0 aromatic carbocycles. The number of fused-ring (bicyclic) bond motifs is 1. The van der Waals surface area contributed by atoms with Gasteiger partial charge in [0.2, 0.25) is 0 Å². The molecular weight excluding hydrogens is 326 g/mol. The van der Waals surface area contributed by atoms with E-state index in [0.717, 1.165) is 12.0 Å². The lowest BCUT2D eigenvalue weighted by Gasteiger charge is -2.30. The van der Waals surface area contributed by atoms with Crippen molar-refractivity contribution in [2.45, 2.75) is 18.4 Å². The molecule has 2 saturated heterocycles. The second kappa shape index (κ2) is 7.63. The molecule has 3 N–H and O–H groups in total. The fraction of sp³-hybridized carbons (Fsp3) is 0.800. The third-order valence-electron chi connectivity index (χ3n) is 2.75. The van der Waals surface area contributed by atoms with Crippen molar-refractivity contribution < 1.29 is 46.1 Å². The van der Waals surface area contributed by atoms with Crippen LogP contribution in [-0.2, 0) is 9.59 Å². The molecule has 2 heterocycles. The van der Waals surface area contributed by atoms with Crippen molar-refractivity contribution in [3.63, 3.8) is 0 Å². The van der Waals surface area contributed by atoms with E-state index >= 15 is 0 Å². The van der Waals surface area contributed by atoms with E-state index in [9.17, 15) is 26.3 Å². The van der Waals surface area contributed by atoms with E-state index in [0.29, 0.717) is 0 Å². The van der Waals surface area contributed by atoms with Crippen molar-refractivity contribution in [1.29, 1.82) is 0 Å². The monoisotopic (exact) mass is 340 g/mol. The maximum atomic E-state index is 10.6. The minimum absolute atomic E-state index is 0.847. The predicted molar refractivity (Wildman–Crippen MR) is 60.2 cm³/mol. The number of hydrogen-bond acceptors (Lipinski definition) is 4. The van der Waals surface area contributed by atoms with Crippen LogP contribution in [0.2, 0.25) is 0 Å². The predicted octanol–water partition coefficient (Wildman–Crippen LogP) is 0.786. The molecular formula is C10H14F6N2O4. The minimum atomic E-state index is -5.08. The highest BCUT2D eigenvalue weighted by Gasteiger charge is 2.39. The summed E-state index contributed by atoms with van der Waals surface area (Å²) in [7, 11) is 2.19. The third kappa shape index (κ3) is 7.45. The number of hydrogen-bond donors (Lipinski definition) is 3. The number of halogens is 6. The number of likely N-dealkylation sites (tertiary alicyclic amines) is 1. The van der Waals surface area contributed by atoms with Crippen molar-refractivity contribution in [2.24, 2.45) is 5.92 Å². The number of carboxylic acid groups (broad SMARTS) is 2. The summed E-state index contributed by atoms with van der Waals surface area (Å²) in [6, 6.07) is 0.847. The van der Waals surface area contributed by atoms with Gasteiger partial charge in [0.05, 0.1) is 0 Å². The molecule has 6 nitrogen and oxygen atoms in total. The molecule has 2 atom stereocenters. The number of nitrogens with one attached hydrogen (secondary N) is 1. The molecule has 2 fully saturated rings. The molecule has 0 radical (unpaired) electrons. The summed E-state index contributed by atoms with van der Waals surface area (Å²) in [5.74, 6) is -4.53. The van der Waals surface area contributed by atoms with Crippen molar-refractivity contribution in [1.82, 2.24) is 10.2 Å². The maximum absolute atomic E-state index is 10.6. The minimum Gasteiger partial charge on any atom is -0.475 e. The van der Waals surface area contributed by atoms with Gasteiger partial charge >= 0.3 is 24.3 Å². The molecule has 22 heavy (non-hydrogen) atoms. The normalized spacial score (nSPS) is 24.0. The Hall–Kier alpha value is -1.56. The second-order valence-corrected chi connectivity index (χ2v) is 4.60. The number of likely N-dealkylation sites (N-methyl/N-ethyl adjacent to an activating group) is 1. The summed E-state index contributed by atoms with van der Waals surface area (Å²) >= 11 is 0. The smallest absolute Gasteiger partial charge is 0.475 e. The lowest BCUT2D eigenvalue weighted by Crippen LogP contribution is -2.51. The lowest BCUT2D eigenvalue weighted by molar-refractivity contribution is -0.193. The van der Waals surface area contributed by atoms with Crippen molar-refractivity contribution >= 4 is 11.9 Å². The van der Waals surface area contributed by atoms with Gasteiger partial charge < -0.3 is 20.4 Å². The Morgan fingerprint density at radius 3 is 1.45 bits per heavy atom. The summed E-state index contributed by atoms with van der Waals surface area (Å²) in [5, 5.41) is 17.6. The van der Waals surface area contributed by atoms with Crippen LogP contribution in [0.3, 0.4) is 0 Å². The van der Waals surface area contributed by atoms with Gasteiger partial charge in [-0.3, -0.25) is 0 Å². The van der Waals surface area contributed by atoms with E-state index in [1.807, 2.05) is 0 Å². The van der Waals surface area contributed by atoms with Crippen LogP contribution in [0.1, 0.15) is 0 Å². The molecule has 2 rings (SSSR count). The summed E-state index contributed by atoms with van der Waals surface area (Å²) in [4.78, 5) is 20.2. The molecule has 0 aromatic heterocycles. The SMILES string of the molecule is CN1C[C@H]2CN[C@H]2C1.O=C(O)C(F)(F)F.O=C(O)C(F)(F)F. The number of aliphatic carboxylic acids is 2. The van der Waals surface area contributed by atoms with Gasteiger partial charge in [0.15, 0.2) is 0 Å². The van der Waals surface area contributed by atoms with Crippen molar-refractivity contribution in [3.8, 4) is 0 Å². The van der Waals surface area contributed by atoms with Gasteiger partial charge in [-0.15, -0.1) is 0 Å². The van der Waals surface area contributed by atoms with Crippen LogP contribution in [0, 0.1) is 5.92 Å². The van der Waals surface area contributed by atoms with Gasteiger partial charge in [0.25, 0.3) is 0 Å². The van der Waals surface area contributed by atoms with Crippen LogP contribution in [0.5, 0.6) is 0 Å². The molecule has 2 aliphatic heterocycles. The topological polar surface area (TPSA) is 89.9 Å². The van der Waals surface area contributed by atoms with Gasteiger partial charge in [-0.25, -0.2) is 9.59 Å². The van der Waals surface area contributed by atoms with Crippen LogP contribution < -0.4 is 5.32 Å². The number of alkyl halides is 6. The average Bonchev–Trinajstić information content (AvgIpc) is 2.54. The molecule has 0 amide bonds. The van der Waals surface area contributed by atoms with Gasteiger partial charge in [0, 0.05) is 31.6 Å². The zero-order chi connectivity index (χ0) is 17.7. The second-order valence-electron chi connectivity index (χ2n) is 4.60. The molecule has 0 saturated carbocycles. The highest BCUT2D eigenvalue weighted by molar-refractivity contribution is 5.73. The van der Waals surface area contributed by atoms with Crippen molar-refractivity contribution in [3.05, 3.63) is 0 Å². The fourth-order valence-electron chi connectivity index (χ4n) is 1.67. The average molecular weight is 340 g/mol. The van der Waals surface area contributed by atoms with Crippen LogP contribution in [0.4, 0.5) is 26.3 Å². The van der Waals surface area contributed by atoms with Crippen LogP contribution in [0.25, 0.3) is 0 Å². The first-order valence-corrected chi connectivity index (χ1v) is 5.77. The van der Waals surface area contributed by atoms with Gasteiger partial charge in [-0.1, -0.05) is 0 Å².